The Hall–Kier alpha value is -4.31. The van der Waals surface area contributed by atoms with E-state index >= 15 is 0 Å². The van der Waals surface area contributed by atoms with Crippen LogP contribution in [0.15, 0.2) is 71.6 Å². The standard InChI is InChI=1S/C28H25FN2O6S/c1-3-36-24-14-19(10-13-23(24)37-17-18-8-11-20(29)12-9-18)15-25-27(33)31(28(34)38-25)16-26(32)30-21-6-4-5-7-22(21)35-2/h4-15H,3,16-17H2,1-2H3,(H,30,32)/b25-15-. The Bertz CT molecular complexity index is 1380. The van der Waals surface area contributed by atoms with E-state index in [1.54, 1.807) is 60.7 Å². The molecule has 0 unspecified atom stereocenters. The Morgan fingerprint density at radius 1 is 1.00 bits per heavy atom. The summed E-state index contributed by atoms with van der Waals surface area (Å²) in [5.41, 5.74) is 1.85. The van der Waals surface area contributed by atoms with Crippen LogP contribution in [0.3, 0.4) is 0 Å². The fraction of sp³-hybridized carbons (Fsp3) is 0.179. The van der Waals surface area contributed by atoms with E-state index in [9.17, 15) is 18.8 Å². The van der Waals surface area contributed by atoms with Crippen LogP contribution in [0.1, 0.15) is 18.1 Å². The van der Waals surface area contributed by atoms with Crippen molar-refractivity contribution < 1.29 is 33.0 Å². The van der Waals surface area contributed by atoms with Crippen molar-refractivity contribution in [1.29, 1.82) is 0 Å². The van der Waals surface area contributed by atoms with E-state index < -0.39 is 23.6 Å². The van der Waals surface area contributed by atoms with Crippen LogP contribution >= 0.6 is 11.8 Å². The first-order chi connectivity index (χ1) is 18.4. The number of carbonyl (C=O) groups excluding carboxylic acids is 3. The number of methoxy groups -OCH3 is 1. The molecule has 10 heteroatoms. The molecule has 1 saturated heterocycles. The van der Waals surface area contributed by atoms with Crippen molar-refractivity contribution in [1.82, 2.24) is 4.90 Å². The van der Waals surface area contributed by atoms with Crippen molar-refractivity contribution >= 4 is 40.6 Å². The summed E-state index contributed by atoms with van der Waals surface area (Å²) < 4.78 is 29.9. The number of nitrogens with zero attached hydrogens (tertiary/aromatic N) is 1. The Labute approximate surface area is 223 Å². The summed E-state index contributed by atoms with van der Waals surface area (Å²) in [6, 6.07) is 18.0. The van der Waals surface area contributed by atoms with Crippen LogP contribution in [0, 0.1) is 5.82 Å². The third kappa shape index (κ3) is 6.51. The summed E-state index contributed by atoms with van der Waals surface area (Å²) in [5.74, 6) is -0.0167. The van der Waals surface area contributed by atoms with Gasteiger partial charge in [-0.1, -0.05) is 30.3 Å². The lowest BCUT2D eigenvalue weighted by atomic mass is 10.1. The van der Waals surface area contributed by atoms with Gasteiger partial charge in [0.1, 0.15) is 24.7 Å². The topological polar surface area (TPSA) is 94.2 Å². The fourth-order valence-corrected chi connectivity index (χ4v) is 4.45. The van der Waals surface area contributed by atoms with E-state index in [1.807, 2.05) is 6.92 Å². The third-order valence-electron chi connectivity index (χ3n) is 5.43. The summed E-state index contributed by atoms with van der Waals surface area (Å²) >= 11 is 0.756. The smallest absolute Gasteiger partial charge is 0.294 e. The first kappa shape index (κ1) is 26.7. The molecule has 0 bridgehead atoms. The van der Waals surface area contributed by atoms with E-state index in [-0.39, 0.29) is 17.3 Å². The number of imide groups is 1. The summed E-state index contributed by atoms with van der Waals surface area (Å²) in [6.07, 6.45) is 1.56. The van der Waals surface area contributed by atoms with Gasteiger partial charge in [-0.15, -0.1) is 0 Å². The molecule has 196 valence electrons. The minimum atomic E-state index is -0.565. The summed E-state index contributed by atoms with van der Waals surface area (Å²) in [7, 11) is 1.48. The highest BCUT2D eigenvalue weighted by Crippen LogP contribution is 2.35. The zero-order chi connectivity index (χ0) is 27.1. The number of hydrogen-bond acceptors (Lipinski definition) is 7. The van der Waals surface area contributed by atoms with Gasteiger partial charge in [0.2, 0.25) is 5.91 Å². The number of halogens is 1. The van der Waals surface area contributed by atoms with Crippen LogP contribution in [0.4, 0.5) is 14.9 Å². The zero-order valence-electron chi connectivity index (χ0n) is 20.7. The average molecular weight is 537 g/mol. The first-order valence-corrected chi connectivity index (χ1v) is 12.5. The molecular weight excluding hydrogens is 511 g/mol. The van der Waals surface area contributed by atoms with Crippen LogP contribution < -0.4 is 19.5 Å². The first-order valence-electron chi connectivity index (χ1n) is 11.7. The number of amides is 3. The minimum Gasteiger partial charge on any atom is -0.495 e. The summed E-state index contributed by atoms with van der Waals surface area (Å²) in [4.78, 5) is 39.0. The Kier molecular flexibility index (Phi) is 8.65. The maximum atomic E-state index is 13.1. The van der Waals surface area contributed by atoms with Crippen molar-refractivity contribution in [3.05, 3.63) is 88.6 Å². The molecule has 0 atom stereocenters. The lowest BCUT2D eigenvalue weighted by Gasteiger charge is -2.14. The highest BCUT2D eigenvalue weighted by molar-refractivity contribution is 8.18. The quantitative estimate of drug-likeness (QED) is 0.343. The van der Waals surface area contributed by atoms with E-state index in [4.69, 9.17) is 14.2 Å². The van der Waals surface area contributed by atoms with E-state index in [1.165, 1.54) is 19.2 Å². The molecule has 38 heavy (non-hydrogen) atoms. The molecule has 0 saturated carbocycles. The molecule has 8 nitrogen and oxygen atoms in total. The highest BCUT2D eigenvalue weighted by Gasteiger charge is 2.36. The number of hydrogen-bond donors (Lipinski definition) is 1. The van der Waals surface area contributed by atoms with E-state index in [0.29, 0.717) is 35.1 Å². The molecule has 1 heterocycles. The zero-order valence-corrected chi connectivity index (χ0v) is 21.5. The fourth-order valence-electron chi connectivity index (χ4n) is 3.61. The molecule has 1 N–H and O–H groups in total. The number of anilines is 1. The number of ether oxygens (including phenoxy) is 3. The van der Waals surface area contributed by atoms with Crippen LogP contribution in [0.25, 0.3) is 6.08 Å². The van der Waals surface area contributed by atoms with Gasteiger partial charge in [0, 0.05) is 0 Å². The Morgan fingerprint density at radius 2 is 1.76 bits per heavy atom. The molecule has 0 aliphatic carbocycles. The SMILES string of the molecule is CCOc1cc(/C=C2\SC(=O)N(CC(=O)Nc3ccccc3OC)C2=O)ccc1OCc1ccc(F)cc1. The molecule has 1 aliphatic heterocycles. The number of rotatable bonds is 10. The van der Waals surface area contributed by atoms with E-state index in [0.717, 1.165) is 22.2 Å². The van der Waals surface area contributed by atoms with Crippen molar-refractivity contribution in [2.75, 3.05) is 25.6 Å². The normalized spacial score (nSPS) is 14.1. The van der Waals surface area contributed by atoms with Crippen LogP contribution in [0.5, 0.6) is 17.2 Å². The van der Waals surface area contributed by atoms with Crippen LogP contribution in [-0.4, -0.2) is 42.2 Å². The minimum absolute atomic E-state index is 0.183. The lowest BCUT2D eigenvalue weighted by Crippen LogP contribution is -2.36. The Balaban J connectivity index is 1.44. The number of benzene rings is 3. The molecule has 0 aromatic heterocycles. The number of carbonyl (C=O) groups is 3. The van der Waals surface area contributed by atoms with E-state index in [2.05, 4.69) is 5.32 Å². The molecule has 3 aromatic carbocycles. The van der Waals surface area contributed by atoms with Crippen molar-refractivity contribution in [3.8, 4) is 17.2 Å². The highest BCUT2D eigenvalue weighted by atomic mass is 32.2. The predicted octanol–water partition coefficient (Wildman–Crippen LogP) is 5.49. The maximum Gasteiger partial charge on any atom is 0.294 e. The van der Waals surface area contributed by atoms with Gasteiger partial charge in [-0.05, 0) is 72.3 Å². The van der Waals surface area contributed by atoms with Gasteiger partial charge >= 0.3 is 0 Å². The molecule has 1 fully saturated rings. The molecule has 1 aliphatic rings. The van der Waals surface area contributed by atoms with Crippen molar-refractivity contribution in [3.63, 3.8) is 0 Å². The van der Waals surface area contributed by atoms with Gasteiger partial charge in [0.05, 0.1) is 24.3 Å². The summed E-state index contributed by atoms with van der Waals surface area (Å²) in [6.45, 7) is 2.00. The average Bonchev–Trinajstić information content (AvgIpc) is 3.16. The Morgan fingerprint density at radius 3 is 2.50 bits per heavy atom. The number of para-hydroxylation sites is 2. The van der Waals surface area contributed by atoms with Crippen LogP contribution in [-0.2, 0) is 16.2 Å². The molecule has 3 amide bonds. The molecule has 0 radical (unpaired) electrons. The van der Waals surface area contributed by atoms with Crippen molar-refractivity contribution in [2.45, 2.75) is 13.5 Å². The van der Waals surface area contributed by atoms with Gasteiger partial charge in [-0.3, -0.25) is 19.3 Å². The monoisotopic (exact) mass is 536 g/mol. The second-order valence-corrected chi connectivity index (χ2v) is 9.06. The summed E-state index contributed by atoms with van der Waals surface area (Å²) in [5, 5.41) is 2.12. The van der Waals surface area contributed by atoms with Gasteiger partial charge < -0.3 is 19.5 Å². The predicted molar refractivity (Wildman–Crippen MR) is 143 cm³/mol. The van der Waals surface area contributed by atoms with Gasteiger partial charge in [0.25, 0.3) is 11.1 Å². The maximum absolute atomic E-state index is 13.1. The van der Waals surface area contributed by atoms with Gasteiger partial charge in [-0.25, -0.2) is 4.39 Å². The third-order valence-corrected chi connectivity index (χ3v) is 6.34. The molecule has 0 spiro atoms. The van der Waals surface area contributed by atoms with Crippen LogP contribution in [0.2, 0.25) is 0 Å². The second-order valence-electron chi connectivity index (χ2n) is 8.07. The molecular formula is C28H25FN2O6S. The number of nitrogens with one attached hydrogen (secondary N) is 1. The number of thioether (sulfide) groups is 1. The van der Waals surface area contributed by atoms with Gasteiger partial charge in [0.15, 0.2) is 11.5 Å². The lowest BCUT2D eigenvalue weighted by molar-refractivity contribution is -0.127. The molecule has 3 aromatic rings. The van der Waals surface area contributed by atoms with Crippen molar-refractivity contribution in [2.24, 2.45) is 0 Å². The second kappa shape index (κ2) is 12.3. The van der Waals surface area contributed by atoms with Gasteiger partial charge in [-0.2, -0.15) is 0 Å². The molecule has 4 rings (SSSR count). The largest absolute Gasteiger partial charge is 0.495 e.